The molecule has 1 saturated heterocycles. The fraction of sp³-hybridized carbons (Fsp3) is 0.474. The molecule has 2 amide bonds. The number of anilines is 1. The van der Waals surface area contributed by atoms with E-state index in [0.717, 1.165) is 18.4 Å². The fourth-order valence-corrected chi connectivity index (χ4v) is 3.03. The van der Waals surface area contributed by atoms with E-state index >= 15 is 0 Å². The van der Waals surface area contributed by atoms with Gasteiger partial charge in [-0.3, -0.25) is 9.59 Å². The Kier molecular flexibility index (Phi) is 6.73. The van der Waals surface area contributed by atoms with Crippen LogP contribution in [-0.4, -0.2) is 54.2 Å². The van der Waals surface area contributed by atoms with Crippen LogP contribution in [0, 0.1) is 0 Å². The summed E-state index contributed by atoms with van der Waals surface area (Å²) in [6.45, 7) is 4.47. The minimum absolute atomic E-state index is 0.0682. The van der Waals surface area contributed by atoms with Crippen LogP contribution in [0.4, 0.5) is 5.69 Å². The molecule has 0 aliphatic carbocycles. The number of aliphatic hydroxyl groups is 1. The standard InChI is InChI=1S/C19H26N2O4/c1-3-17(23)20-16-8-5-15(6-9-16)7-10-18(24)21-12-4-11-19(13-21,14-22)25-2/h3,5-6,8-9,22H,1,4,7,10-14H2,2H3,(H,20,23). The number of rotatable bonds is 7. The number of hydrogen-bond donors (Lipinski definition) is 2. The summed E-state index contributed by atoms with van der Waals surface area (Å²) < 4.78 is 5.44. The molecule has 1 unspecified atom stereocenters. The molecule has 1 aromatic rings. The van der Waals surface area contributed by atoms with E-state index in [1.54, 1.807) is 12.0 Å². The topological polar surface area (TPSA) is 78.9 Å². The Morgan fingerprint density at radius 1 is 1.40 bits per heavy atom. The van der Waals surface area contributed by atoms with E-state index in [1.807, 2.05) is 24.3 Å². The van der Waals surface area contributed by atoms with Crippen LogP contribution in [0.3, 0.4) is 0 Å². The number of aryl methyl sites for hydroxylation is 1. The summed E-state index contributed by atoms with van der Waals surface area (Å²) >= 11 is 0. The number of aliphatic hydroxyl groups excluding tert-OH is 1. The number of carbonyl (C=O) groups is 2. The third-order valence-electron chi connectivity index (χ3n) is 4.65. The predicted molar refractivity (Wildman–Crippen MR) is 96.2 cm³/mol. The Bertz CT molecular complexity index is 608. The summed E-state index contributed by atoms with van der Waals surface area (Å²) in [5.74, 6) is -0.183. The van der Waals surface area contributed by atoms with Crippen LogP contribution in [0.2, 0.25) is 0 Å². The SMILES string of the molecule is C=CC(=O)Nc1ccc(CCC(=O)N2CCCC(CO)(OC)C2)cc1. The number of methoxy groups -OCH3 is 1. The second-order valence-corrected chi connectivity index (χ2v) is 6.35. The first-order valence-corrected chi connectivity index (χ1v) is 8.48. The second kappa shape index (κ2) is 8.78. The van der Waals surface area contributed by atoms with Gasteiger partial charge < -0.3 is 20.1 Å². The van der Waals surface area contributed by atoms with Gasteiger partial charge in [0.25, 0.3) is 0 Å². The molecule has 1 aliphatic rings. The Labute approximate surface area is 148 Å². The molecule has 0 radical (unpaired) electrons. The van der Waals surface area contributed by atoms with Crippen molar-refractivity contribution in [1.29, 1.82) is 0 Å². The number of ether oxygens (including phenoxy) is 1. The van der Waals surface area contributed by atoms with Gasteiger partial charge in [0.2, 0.25) is 11.8 Å². The lowest BCUT2D eigenvalue weighted by molar-refractivity contribution is -0.144. The second-order valence-electron chi connectivity index (χ2n) is 6.35. The largest absolute Gasteiger partial charge is 0.393 e. The van der Waals surface area contributed by atoms with E-state index in [0.29, 0.717) is 31.6 Å². The highest BCUT2D eigenvalue weighted by Crippen LogP contribution is 2.24. The van der Waals surface area contributed by atoms with Crippen molar-refractivity contribution in [1.82, 2.24) is 4.90 Å². The molecule has 1 atom stereocenters. The highest BCUT2D eigenvalue weighted by atomic mass is 16.5. The zero-order valence-corrected chi connectivity index (χ0v) is 14.7. The van der Waals surface area contributed by atoms with Gasteiger partial charge in [-0.25, -0.2) is 0 Å². The van der Waals surface area contributed by atoms with Crippen LogP contribution in [0.25, 0.3) is 0 Å². The molecule has 0 aromatic heterocycles. The van der Waals surface area contributed by atoms with Gasteiger partial charge in [-0.1, -0.05) is 18.7 Å². The van der Waals surface area contributed by atoms with Gasteiger partial charge >= 0.3 is 0 Å². The van der Waals surface area contributed by atoms with E-state index in [-0.39, 0.29) is 18.4 Å². The lowest BCUT2D eigenvalue weighted by Gasteiger charge is -2.40. The molecule has 0 saturated carbocycles. The first-order chi connectivity index (χ1) is 12.0. The van der Waals surface area contributed by atoms with Crippen LogP contribution in [0.1, 0.15) is 24.8 Å². The molecule has 1 aromatic carbocycles. The first-order valence-electron chi connectivity index (χ1n) is 8.48. The molecule has 0 spiro atoms. The molecular weight excluding hydrogens is 320 g/mol. The third kappa shape index (κ3) is 5.14. The Balaban J connectivity index is 1.87. The van der Waals surface area contributed by atoms with Gasteiger partial charge in [-0.05, 0) is 43.0 Å². The van der Waals surface area contributed by atoms with Crippen LogP contribution in [0.15, 0.2) is 36.9 Å². The van der Waals surface area contributed by atoms with Crippen LogP contribution in [-0.2, 0) is 20.7 Å². The summed E-state index contributed by atoms with van der Waals surface area (Å²) in [6, 6.07) is 7.42. The number of hydrogen-bond acceptors (Lipinski definition) is 4. The number of nitrogens with one attached hydrogen (secondary N) is 1. The number of carbonyl (C=O) groups excluding carboxylic acids is 2. The van der Waals surface area contributed by atoms with Gasteiger partial charge in [0, 0.05) is 25.8 Å². The maximum atomic E-state index is 12.5. The molecule has 25 heavy (non-hydrogen) atoms. The molecule has 6 heteroatoms. The molecular formula is C19H26N2O4. The lowest BCUT2D eigenvalue weighted by Crippen LogP contribution is -2.53. The number of piperidine rings is 1. The average molecular weight is 346 g/mol. The predicted octanol–water partition coefficient (Wildman–Crippen LogP) is 1.74. The van der Waals surface area contributed by atoms with Crippen molar-refractivity contribution in [3.8, 4) is 0 Å². The third-order valence-corrected chi connectivity index (χ3v) is 4.65. The molecule has 6 nitrogen and oxygen atoms in total. The van der Waals surface area contributed by atoms with Crippen LogP contribution < -0.4 is 5.32 Å². The Morgan fingerprint density at radius 2 is 2.12 bits per heavy atom. The molecule has 136 valence electrons. The maximum absolute atomic E-state index is 12.5. The number of benzene rings is 1. The van der Waals surface area contributed by atoms with Crippen molar-refractivity contribution in [2.45, 2.75) is 31.3 Å². The molecule has 2 rings (SSSR count). The maximum Gasteiger partial charge on any atom is 0.247 e. The zero-order chi connectivity index (χ0) is 18.3. The van der Waals surface area contributed by atoms with Crippen molar-refractivity contribution in [2.75, 3.05) is 32.1 Å². The Morgan fingerprint density at radius 3 is 2.72 bits per heavy atom. The van der Waals surface area contributed by atoms with Gasteiger partial charge in [-0.15, -0.1) is 0 Å². The van der Waals surface area contributed by atoms with E-state index in [2.05, 4.69) is 11.9 Å². The number of amides is 2. The monoisotopic (exact) mass is 346 g/mol. The van der Waals surface area contributed by atoms with E-state index in [4.69, 9.17) is 4.74 Å². The van der Waals surface area contributed by atoms with E-state index < -0.39 is 5.60 Å². The van der Waals surface area contributed by atoms with Crippen LogP contribution in [0.5, 0.6) is 0 Å². The van der Waals surface area contributed by atoms with Crippen molar-refractivity contribution in [2.24, 2.45) is 0 Å². The minimum Gasteiger partial charge on any atom is -0.393 e. The Hall–Kier alpha value is -2.18. The van der Waals surface area contributed by atoms with E-state index in [9.17, 15) is 14.7 Å². The first kappa shape index (κ1) is 19.1. The van der Waals surface area contributed by atoms with Gasteiger partial charge in [0.05, 0.1) is 13.2 Å². The van der Waals surface area contributed by atoms with Gasteiger partial charge in [0.15, 0.2) is 0 Å². The van der Waals surface area contributed by atoms with Crippen molar-refractivity contribution in [3.63, 3.8) is 0 Å². The molecule has 0 bridgehead atoms. The summed E-state index contributed by atoms with van der Waals surface area (Å²) in [6.07, 6.45) is 3.85. The number of likely N-dealkylation sites (tertiary alicyclic amines) is 1. The molecule has 2 N–H and O–H groups in total. The average Bonchev–Trinajstić information content (AvgIpc) is 2.67. The highest BCUT2D eigenvalue weighted by molar-refractivity contribution is 5.98. The summed E-state index contributed by atoms with van der Waals surface area (Å²) in [5, 5.41) is 12.2. The molecule has 1 fully saturated rings. The molecule has 1 heterocycles. The minimum atomic E-state index is -0.626. The highest BCUT2D eigenvalue weighted by Gasteiger charge is 2.36. The normalized spacial score (nSPS) is 20.2. The zero-order valence-electron chi connectivity index (χ0n) is 14.7. The molecule has 1 aliphatic heterocycles. The van der Waals surface area contributed by atoms with Crippen molar-refractivity contribution < 1.29 is 19.4 Å². The van der Waals surface area contributed by atoms with Crippen molar-refractivity contribution >= 4 is 17.5 Å². The summed E-state index contributed by atoms with van der Waals surface area (Å²) in [4.78, 5) is 25.5. The van der Waals surface area contributed by atoms with Crippen molar-refractivity contribution in [3.05, 3.63) is 42.5 Å². The smallest absolute Gasteiger partial charge is 0.247 e. The summed E-state index contributed by atoms with van der Waals surface area (Å²) in [7, 11) is 1.58. The number of nitrogens with zero attached hydrogens (tertiary/aromatic N) is 1. The fourth-order valence-electron chi connectivity index (χ4n) is 3.03. The van der Waals surface area contributed by atoms with Gasteiger partial charge in [-0.2, -0.15) is 0 Å². The lowest BCUT2D eigenvalue weighted by atomic mass is 9.93. The summed E-state index contributed by atoms with van der Waals surface area (Å²) in [5.41, 5.74) is 1.10. The van der Waals surface area contributed by atoms with Crippen LogP contribution >= 0.6 is 0 Å². The quantitative estimate of drug-likeness (QED) is 0.737. The van der Waals surface area contributed by atoms with Gasteiger partial charge in [0.1, 0.15) is 5.60 Å². The van der Waals surface area contributed by atoms with E-state index in [1.165, 1.54) is 6.08 Å².